The molecule has 2 bridgehead atoms. The summed E-state index contributed by atoms with van der Waals surface area (Å²) in [5.74, 6) is 1.79. The van der Waals surface area contributed by atoms with Crippen LogP contribution < -0.4 is 9.47 Å². The fraction of sp³-hybridized carbons (Fsp3) is 0.667. The van der Waals surface area contributed by atoms with Crippen LogP contribution in [0.1, 0.15) is 30.4 Å². The fourth-order valence-electron chi connectivity index (χ4n) is 6.09. The standard InChI is InChI=1S/C18H23NO6S/c1-19-8-7-18-11-4-6-14(25-26(20,21)22)17(18)24-16-13(23-2)5-3-10(15(16)18)9-12(11)19/h3,5,11-12,14,17H,4,6-9H2,1-2H3,(H,20,21,22). The van der Waals surface area contributed by atoms with E-state index in [-0.39, 0.29) is 5.41 Å². The van der Waals surface area contributed by atoms with Crippen LogP contribution in [-0.2, 0) is 26.4 Å². The topological polar surface area (TPSA) is 85.3 Å². The van der Waals surface area contributed by atoms with Crippen molar-refractivity contribution in [1.82, 2.24) is 4.90 Å². The molecule has 1 aromatic carbocycles. The molecule has 1 saturated carbocycles. The first-order valence-corrected chi connectivity index (χ1v) is 10.4. The summed E-state index contributed by atoms with van der Waals surface area (Å²) in [7, 11) is -0.756. The van der Waals surface area contributed by atoms with Crippen LogP contribution in [0.15, 0.2) is 12.1 Å². The second-order valence-corrected chi connectivity index (χ2v) is 9.01. The van der Waals surface area contributed by atoms with Gasteiger partial charge in [0.05, 0.1) is 7.11 Å². The van der Waals surface area contributed by atoms with Gasteiger partial charge in [0.1, 0.15) is 12.2 Å². The summed E-state index contributed by atoms with van der Waals surface area (Å²) in [6.45, 7) is 0.926. The molecule has 8 heteroatoms. The maximum absolute atomic E-state index is 11.4. The summed E-state index contributed by atoms with van der Waals surface area (Å²) < 4.78 is 49.0. The van der Waals surface area contributed by atoms with Gasteiger partial charge in [-0.15, -0.1) is 0 Å². The normalized spacial score (nSPS) is 37.8. The van der Waals surface area contributed by atoms with Gasteiger partial charge in [-0.1, -0.05) is 6.07 Å². The highest BCUT2D eigenvalue weighted by Gasteiger charge is 2.66. The van der Waals surface area contributed by atoms with E-state index in [1.54, 1.807) is 7.11 Å². The third kappa shape index (κ3) is 2.07. The summed E-state index contributed by atoms with van der Waals surface area (Å²) in [5.41, 5.74) is 2.16. The zero-order valence-electron chi connectivity index (χ0n) is 14.8. The number of ether oxygens (including phenoxy) is 2. The Bertz CT molecular complexity index is 871. The van der Waals surface area contributed by atoms with Crippen molar-refractivity contribution in [2.45, 2.75) is 49.3 Å². The molecule has 1 N–H and O–H groups in total. The molecule has 2 heterocycles. The number of piperidine rings is 1. The summed E-state index contributed by atoms with van der Waals surface area (Å²) in [6.07, 6.45) is 2.14. The van der Waals surface area contributed by atoms with Gasteiger partial charge in [0.2, 0.25) is 0 Å². The Hall–Kier alpha value is -1.35. The Kier molecular flexibility index (Phi) is 3.45. The lowest BCUT2D eigenvalue weighted by atomic mass is 9.51. The Labute approximate surface area is 153 Å². The SMILES string of the molecule is COc1ccc2c3c1OC1C(OS(=O)(=O)O)CCC4C(C2)N(C)CCC341. The maximum Gasteiger partial charge on any atom is 0.397 e. The highest BCUT2D eigenvalue weighted by atomic mass is 32.3. The lowest BCUT2D eigenvalue weighted by molar-refractivity contribution is -0.0918. The van der Waals surface area contributed by atoms with E-state index in [1.165, 1.54) is 11.1 Å². The summed E-state index contributed by atoms with van der Waals surface area (Å²) >= 11 is 0. The van der Waals surface area contributed by atoms with Gasteiger partial charge in [-0.05, 0) is 56.8 Å². The Morgan fingerprint density at radius 3 is 2.88 bits per heavy atom. The molecular formula is C18H23NO6S. The number of likely N-dealkylation sites (tertiary alicyclic amines) is 1. The quantitative estimate of drug-likeness (QED) is 0.795. The van der Waals surface area contributed by atoms with Crippen molar-refractivity contribution in [2.24, 2.45) is 5.92 Å². The Morgan fingerprint density at radius 2 is 2.15 bits per heavy atom. The summed E-state index contributed by atoms with van der Waals surface area (Å²) in [5, 5.41) is 0. The highest BCUT2D eigenvalue weighted by Crippen LogP contribution is 2.64. The van der Waals surface area contributed by atoms with Gasteiger partial charge < -0.3 is 14.4 Å². The fourth-order valence-corrected chi connectivity index (χ4v) is 6.60. The van der Waals surface area contributed by atoms with E-state index in [1.807, 2.05) is 6.07 Å². The molecule has 1 aromatic rings. The molecule has 1 spiro atoms. The first-order chi connectivity index (χ1) is 12.3. The maximum atomic E-state index is 11.4. The molecule has 5 rings (SSSR count). The third-order valence-electron chi connectivity index (χ3n) is 6.99. The van der Waals surface area contributed by atoms with Crippen molar-refractivity contribution in [3.05, 3.63) is 23.3 Å². The Balaban J connectivity index is 1.70. The number of nitrogens with zero attached hydrogens (tertiary/aromatic N) is 1. The van der Waals surface area contributed by atoms with Crippen LogP contribution in [0.4, 0.5) is 0 Å². The van der Waals surface area contributed by atoms with E-state index >= 15 is 0 Å². The van der Waals surface area contributed by atoms with Crippen LogP contribution in [-0.4, -0.2) is 56.8 Å². The number of benzene rings is 1. The number of rotatable bonds is 3. The van der Waals surface area contributed by atoms with Gasteiger partial charge >= 0.3 is 10.4 Å². The first-order valence-electron chi connectivity index (χ1n) is 9.08. The number of hydrogen-bond acceptors (Lipinski definition) is 6. The predicted molar refractivity (Wildman–Crippen MR) is 93.0 cm³/mol. The summed E-state index contributed by atoms with van der Waals surface area (Å²) in [4.78, 5) is 2.42. The minimum absolute atomic E-state index is 0.276. The predicted octanol–water partition coefficient (Wildman–Crippen LogP) is 1.55. The smallest absolute Gasteiger partial charge is 0.397 e. The van der Waals surface area contributed by atoms with Crippen LogP contribution in [0.3, 0.4) is 0 Å². The number of likely N-dealkylation sites (N-methyl/N-ethyl adjacent to an activating group) is 1. The van der Waals surface area contributed by atoms with Gasteiger partial charge in [0.15, 0.2) is 11.5 Å². The van der Waals surface area contributed by atoms with Gasteiger partial charge in [-0.3, -0.25) is 4.55 Å². The molecule has 142 valence electrons. The van der Waals surface area contributed by atoms with Gasteiger partial charge in [0.25, 0.3) is 0 Å². The van der Waals surface area contributed by atoms with Crippen LogP contribution in [0, 0.1) is 5.92 Å². The molecule has 0 aromatic heterocycles. The second-order valence-electron chi connectivity index (χ2n) is 7.96. The second kappa shape index (κ2) is 5.34. The minimum atomic E-state index is -4.54. The summed E-state index contributed by atoms with van der Waals surface area (Å²) in [6, 6.07) is 4.45. The van der Waals surface area contributed by atoms with Crippen molar-refractivity contribution in [1.29, 1.82) is 0 Å². The van der Waals surface area contributed by atoms with Crippen molar-refractivity contribution < 1.29 is 26.6 Å². The lowest BCUT2D eigenvalue weighted by Crippen LogP contribution is -2.66. The molecule has 4 aliphatic rings. The van der Waals surface area contributed by atoms with E-state index < -0.39 is 22.6 Å². The first kappa shape index (κ1) is 16.8. The molecular weight excluding hydrogens is 358 g/mol. The lowest BCUT2D eigenvalue weighted by Gasteiger charge is -2.58. The average Bonchev–Trinajstić information content (AvgIpc) is 2.93. The molecule has 7 nitrogen and oxygen atoms in total. The monoisotopic (exact) mass is 381 g/mol. The Morgan fingerprint density at radius 1 is 1.35 bits per heavy atom. The third-order valence-corrected chi connectivity index (χ3v) is 7.48. The molecule has 26 heavy (non-hydrogen) atoms. The zero-order chi connectivity index (χ0) is 18.3. The van der Waals surface area contributed by atoms with Crippen LogP contribution in [0.5, 0.6) is 11.5 Å². The molecule has 1 saturated heterocycles. The molecule has 2 aliphatic carbocycles. The molecule has 2 aliphatic heterocycles. The largest absolute Gasteiger partial charge is 0.493 e. The van der Waals surface area contributed by atoms with E-state index in [0.717, 1.165) is 31.6 Å². The zero-order valence-corrected chi connectivity index (χ0v) is 15.7. The molecule has 0 radical (unpaired) electrons. The van der Waals surface area contributed by atoms with Gasteiger partial charge in [-0.2, -0.15) is 8.42 Å². The van der Waals surface area contributed by atoms with E-state index in [2.05, 4.69) is 18.0 Å². The van der Waals surface area contributed by atoms with Crippen LogP contribution in [0.25, 0.3) is 0 Å². The highest BCUT2D eigenvalue weighted by molar-refractivity contribution is 7.80. The average molecular weight is 381 g/mol. The van der Waals surface area contributed by atoms with Crippen molar-refractivity contribution in [2.75, 3.05) is 20.7 Å². The number of methoxy groups -OCH3 is 1. The molecule has 2 fully saturated rings. The van der Waals surface area contributed by atoms with E-state index in [0.29, 0.717) is 24.1 Å². The number of hydrogen-bond donors (Lipinski definition) is 1. The van der Waals surface area contributed by atoms with Gasteiger partial charge in [-0.25, -0.2) is 4.18 Å². The van der Waals surface area contributed by atoms with Crippen molar-refractivity contribution in [3.8, 4) is 11.5 Å². The van der Waals surface area contributed by atoms with Crippen LogP contribution >= 0.6 is 0 Å². The van der Waals surface area contributed by atoms with Crippen molar-refractivity contribution in [3.63, 3.8) is 0 Å². The van der Waals surface area contributed by atoms with E-state index in [9.17, 15) is 13.0 Å². The van der Waals surface area contributed by atoms with Crippen LogP contribution in [0.2, 0.25) is 0 Å². The van der Waals surface area contributed by atoms with E-state index in [4.69, 9.17) is 13.7 Å². The van der Waals surface area contributed by atoms with Gasteiger partial charge in [0, 0.05) is 17.0 Å². The minimum Gasteiger partial charge on any atom is -0.493 e. The molecule has 5 atom stereocenters. The van der Waals surface area contributed by atoms with Crippen molar-refractivity contribution >= 4 is 10.4 Å². The molecule has 5 unspecified atom stereocenters. The molecule has 0 amide bonds.